The standard InChI is InChI=1S/C15H25N3O2.2ClH/c1-11(2)14(16)15(19)17-12-5-7-13(8-6-12)20-10-9-18(3)4;;/h5-8,11,14H,9-10,16H2,1-4H3,(H,17,19);2*1H/t14-;;/m1../s1. The van der Waals surface area contributed by atoms with E-state index in [0.717, 1.165) is 18.0 Å². The van der Waals surface area contributed by atoms with Gasteiger partial charge in [-0.25, -0.2) is 0 Å². The van der Waals surface area contributed by atoms with E-state index in [1.165, 1.54) is 0 Å². The summed E-state index contributed by atoms with van der Waals surface area (Å²) in [5.74, 6) is 0.739. The zero-order valence-corrected chi connectivity index (χ0v) is 15.2. The Morgan fingerprint density at radius 2 is 1.77 bits per heavy atom. The summed E-state index contributed by atoms with van der Waals surface area (Å²) < 4.78 is 5.58. The third-order valence-electron chi connectivity index (χ3n) is 2.95. The van der Waals surface area contributed by atoms with Crippen LogP contribution in [-0.4, -0.2) is 44.1 Å². The van der Waals surface area contributed by atoms with Crippen molar-refractivity contribution in [1.29, 1.82) is 0 Å². The number of carbonyl (C=O) groups excluding carboxylic acids is 1. The normalized spacial score (nSPS) is 11.4. The Labute approximate surface area is 145 Å². The highest BCUT2D eigenvalue weighted by molar-refractivity contribution is 5.94. The van der Waals surface area contributed by atoms with E-state index in [2.05, 4.69) is 10.2 Å². The lowest BCUT2D eigenvalue weighted by molar-refractivity contribution is -0.118. The van der Waals surface area contributed by atoms with E-state index >= 15 is 0 Å². The Bertz CT molecular complexity index is 425. The molecule has 0 spiro atoms. The van der Waals surface area contributed by atoms with Gasteiger partial charge in [-0.15, -0.1) is 24.8 Å². The minimum Gasteiger partial charge on any atom is -0.492 e. The van der Waals surface area contributed by atoms with Gasteiger partial charge in [-0.05, 0) is 44.3 Å². The Morgan fingerprint density at radius 1 is 1.23 bits per heavy atom. The van der Waals surface area contributed by atoms with E-state index in [4.69, 9.17) is 10.5 Å². The van der Waals surface area contributed by atoms with Gasteiger partial charge in [0.15, 0.2) is 0 Å². The molecular formula is C15H27Cl2N3O2. The fourth-order valence-corrected chi connectivity index (χ4v) is 1.51. The smallest absolute Gasteiger partial charge is 0.241 e. The number of hydrogen-bond donors (Lipinski definition) is 2. The van der Waals surface area contributed by atoms with Crippen LogP contribution in [0.5, 0.6) is 5.75 Å². The van der Waals surface area contributed by atoms with Crippen molar-refractivity contribution >= 4 is 36.4 Å². The Hall–Kier alpha value is -1.01. The first-order chi connectivity index (χ1) is 9.40. The minimum atomic E-state index is -0.494. The number of benzene rings is 1. The lowest BCUT2D eigenvalue weighted by Crippen LogP contribution is -2.39. The summed E-state index contributed by atoms with van der Waals surface area (Å²) in [6, 6.07) is 6.82. The number of nitrogens with two attached hydrogens (primary N) is 1. The van der Waals surface area contributed by atoms with Gasteiger partial charge in [0, 0.05) is 12.2 Å². The van der Waals surface area contributed by atoms with Gasteiger partial charge in [0.25, 0.3) is 0 Å². The molecule has 3 N–H and O–H groups in total. The molecular weight excluding hydrogens is 325 g/mol. The van der Waals surface area contributed by atoms with Crippen molar-refractivity contribution in [3.8, 4) is 5.75 Å². The Kier molecular flexibility index (Phi) is 12.2. The van der Waals surface area contributed by atoms with E-state index < -0.39 is 6.04 Å². The fraction of sp³-hybridized carbons (Fsp3) is 0.533. The largest absolute Gasteiger partial charge is 0.492 e. The first kappa shape index (κ1) is 23.3. The lowest BCUT2D eigenvalue weighted by Gasteiger charge is -2.15. The molecule has 0 unspecified atom stereocenters. The molecule has 5 nitrogen and oxygen atoms in total. The molecule has 0 aliphatic heterocycles. The van der Waals surface area contributed by atoms with Gasteiger partial charge >= 0.3 is 0 Å². The number of amides is 1. The number of carbonyl (C=O) groups is 1. The van der Waals surface area contributed by atoms with Crippen LogP contribution >= 0.6 is 24.8 Å². The molecule has 128 valence electrons. The first-order valence-electron chi connectivity index (χ1n) is 6.84. The molecule has 0 heterocycles. The zero-order chi connectivity index (χ0) is 15.1. The van der Waals surface area contributed by atoms with Crippen LogP contribution in [0.25, 0.3) is 0 Å². The molecule has 0 fully saturated rings. The average molecular weight is 352 g/mol. The molecule has 0 bridgehead atoms. The van der Waals surface area contributed by atoms with Gasteiger partial charge in [-0.1, -0.05) is 13.8 Å². The van der Waals surface area contributed by atoms with Crippen LogP contribution in [0.2, 0.25) is 0 Å². The van der Waals surface area contributed by atoms with E-state index in [1.807, 2.05) is 52.2 Å². The number of rotatable bonds is 7. The van der Waals surface area contributed by atoms with Crippen molar-refractivity contribution in [3.05, 3.63) is 24.3 Å². The number of anilines is 1. The van der Waals surface area contributed by atoms with Crippen LogP contribution in [-0.2, 0) is 4.79 Å². The van der Waals surface area contributed by atoms with E-state index in [0.29, 0.717) is 6.61 Å². The topological polar surface area (TPSA) is 67.6 Å². The molecule has 0 saturated heterocycles. The number of likely N-dealkylation sites (N-methyl/N-ethyl adjacent to an activating group) is 1. The van der Waals surface area contributed by atoms with Crippen molar-refractivity contribution in [1.82, 2.24) is 4.90 Å². The minimum absolute atomic E-state index is 0. The predicted octanol–water partition coefficient (Wildman–Crippen LogP) is 2.39. The molecule has 7 heteroatoms. The first-order valence-corrected chi connectivity index (χ1v) is 6.84. The number of hydrogen-bond acceptors (Lipinski definition) is 4. The highest BCUT2D eigenvalue weighted by atomic mass is 35.5. The Morgan fingerprint density at radius 3 is 2.23 bits per heavy atom. The van der Waals surface area contributed by atoms with Crippen molar-refractivity contribution in [3.63, 3.8) is 0 Å². The van der Waals surface area contributed by atoms with Crippen LogP contribution in [0.1, 0.15) is 13.8 Å². The number of halogens is 2. The van der Waals surface area contributed by atoms with Crippen LogP contribution in [0.4, 0.5) is 5.69 Å². The molecule has 0 radical (unpaired) electrons. The number of nitrogens with one attached hydrogen (secondary N) is 1. The molecule has 0 saturated carbocycles. The van der Waals surface area contributed by atoms with Crippen molar-refractivity contribution < 1.29 is 9.53 Å². The third kappa shape index (κ3) is 8.44. The summed E-state index contributed by atoms with van der Waals surface area (Å²) in [7, 11) is 4.00. The highest BCUT2D eigenvalue weighted by Crippen LogP contribution is 2.16. The van der Waals surface area contributed by atoms with Gasteiger partial charge in [-0.2, -0.15) is 0 Å². The van der Waals surface area contributed by atoms with Crippen molar-refractivity contribution in [2.45, 2.75) is 19.9 Å². The van der Waals surface area contributed by atoms with Gasteiger partial charge in [0.05, 0.1) is 6.04 Å². The van der Waals surface area contributed by atoms with E-state index in [1.54, 1.807) is 0 Å². The maximum absolute atomic E-state index is 11.8. The van der Waals surface area contributed by atoms with Crippen LogP contribution in [0, 0.1) is 5.92 Å². The maximum atomic E-state index is 11.8. The van der Waals surface area contributed by atoms with Gasteiger partial charge in [-0.3, -0.25) is 4.79 Å². The average Bonchev–Trinajstić information content (AvgIpc) is 2.39. The molecule has 1 rings (SSSR count). The molecule has 1 aromatic carbocycles. The third-order valence-corrected chi connectivity index (χ3v) is 2.95. The summed E-state index contributed by atoms with van der Waals surface area (Å²) >= 11 is 0. The van der Waals surface area contributed by atoms with E-state index in [9.17, 15) is 4.79 Å². The van der Waals surface area contributed by atoms with Gasteiger partial charge in [0.1, 0.15) is 12.4 Å². The summed E-state index contributed by atoms with van der Waals surface area (Å²) in [5.41, 5.74) is 6.52. The second-order valence-corrected chi connectivity index (χ2v) is 5.44. The molecule has 0 aliphatic rings. The van der Waals surface area contributed by atoms with Crippen molar-refractivity contribution in [2.24, 2.45) is 11.7 Å². The molecule has 0 aromatic heterocycles. The molecule has 1 amide bonds. The highest BCUT2D eigenvalue weighted by Gasteiger charge is 2.16. The lowest BCUT2D eigenvalue weighted by atomic mass is 10.1. The number of nitrogens with zero attached hydrogens (tertiary/aromatic N) is 1. The second-order valence-electron chi connectivity index (χ2n) is 5.44. The van der Waals surface area contributed by atoms with E-state index in [-0.39, 0.29) is 36.6 Å². The van der Waals surface area contributed by atoms with Crippen LogP contribution < -0.4 is 15.8 Å². The summed E-state index contributed by atoms with van der Waals surface area (Å²) in [6.45, 7) is 5.34. The molecule has 1 aromatic rings. The fourth-order valence-electron chi connectivity index (χ4n) is 1.51. The summed E-state index contributed by atoms with van der Waals surface area (Å²) in [6.07, 6.45) is 0. The number of ether oxygens (including phenoxy) is 1. The Balaban J connectivity index is 0. The monoisotopic (exact) mass is 351 g/mol. The summed E-state index contributed by atoms with van der Waals surface area (Å²) in [4.78, 5) is 13.9. The SMILES string of the molecule is CC(C)[C@@H](N)C(=O)Nc1ccc(OCCN(C)C)cc1.Cl.Cl. The maximum Gasteiger partial charge on any atom is 0.241 e. The molecule has 0 aliphatic carbocycles. The quantitative estimate of drug-likeness (QED) is 0.791. The molecule has 22 heavy (non-hydrogen) atoms. The molecule has 1 atom stereocenters. The van der Waals surface area contributed by atoms with Crippen LogP contribution in [0.15, 0.2) is 24.3 Å². The van der Waals surface area contributed by atoms with Crippen LogP contribution in [0.3, 0.4) is 0 Å². The predicted molar refractivity (Wildman–Crippen MR) is 96.4 cm³/mol. The summed E-state index contributed by atoms with van der Waals surface area (Å²) in [5, 5.41) is 2.80. The van der Waals surface area contributed by atoms with Gasteiger partial charge < -0.3 is 20.7 Å². The second kappa shape index (κ2) is 11.5. The van der Waals surface area contributed by atoms with Gasteiger partial charge in [0.2, 0.25) is 5.91 Å². The zero-order valence-electron chi connectivity index (χ0n) is 13.5. The van der Waals surface area contributed by atoms with Crippen molar-refractivity contribution in [2.75, 3.05) is 32.6 Å².